The zero-order valence-corrected chi connectivity index (χ0v) is 14.2. The molecule has 0 saturated heterocycles. The summed E-state index contributed by atoms with van der Waals surface area (Å²) in [6, 6.07) is 7.52. The van der Waals surface area contributed by atoms with E-state index >= 15 is 0 Å². The molecule has 0 spiro atoms. The molecule has 0 amide bonds. The Morgan fingerprint density at radius 2 is 2.04 bits per heavy atom. The van der Waals surface area contributed by atoms with Crippen molar-refractivity contribution in [1.29, 1.82) is 0 Å². The second-order valence-corrected chi connectivity index (χ2v) is 6.61. The van der Waals surface area contributed by atoms with Gasteiger partial charge in [0, 0.05) is 11.4 Å². The van der Waals surface area contributed by atoms with Crippen molar-refractivity contribution >= 4 is 27.4 Å². The van der Waals surface area contributed by atoms with E-state index in [1.165, 1.54) is 4.88 Å². The molecule has 23 heavy (non-hydrogen) atoms. The predicted octanol–water partition coefficient (Wildman–Crippen LogP) is 3.68. The molecule has 5 nitrogen and oxygen atoms in total. The molecule has 0 radical (unpaired) electrons. The number of ether oxygens (including phenoxy) is 1. The van der Waals surface area contributed by atoms with E-state index in [1.54, 1.807) is 24.5 Å². The molecular formula is C17H19N3O2S. The molecule has 3 rings (SSSR count). The molecule has 2 aromatic heterocycles. The fraction of sp³-hybridized carbons (Fsp3) is 0.294. The lowest BCUT2D eigenvalue weighted by atomic mass is 10.1. The van der Waals surface area contributed by atoms with Crippen molar-refractivity contribution in [2.75, 3.05) is 19.0 Å². The van der Waals surface area contributed by atoms with Crippen LogP contribution in [-0.4, -0.2) is 28.7 Å². The van der Waals surface area contributed by atoms with E-state index in [9.17, 15) is 5.11 Å². The number of phenolic OH excluding ortho intramolecular Hbond substituents is 1. The third-order valence-electron chi connectivity index (χ3n) is 3.58. The van der Waals surface area contributed by atoms with E-state index in [-0.39, 0.29) is 5.75 Å². The van der Waals surface area contributed by atoms with Gasteiger partial charge >= 0.3 is 0 Å². The zero-order valence-electron chi connectivity index (χ0n) is 13.4. The number of benzene rings is 1. The Kier molecular flexibility index (Phi) is 4.34. The number of nitrogens with zero attached hydrogens (tertiary/aromatic N) is 2. The Morgan fingerprint density at radius 1 is 1.22 bits per heavy atom. The third-order valence-corrected chi connectivity index (χ3v) is 4.52. The van der Waals surface area contributed by atoms with Crippen LogP contribution >= 0.6 is 11.3 Å². The summed E-state index contributed by atoms with van der Waals surface area (Å²) in [6.07, 6.45) is 0.810. The van der Waals surface area contributed by atoms with E-state index in [0.717, 1.165) is 40.4 Å². The van der Waals surface area contributed by atoms with Gasteiger partial charge in [0.15, 0.2) is 11.5 Å². The number of anilines is 1. The first-order valence-corrected chi connectivity index (χ1v) is 8.23. The number of phenols is 1. The van der Waals surface area contributed by atoms with E-state index in [2.05, 4.69) is 28.3 Å². The Balaban J connectivity index is 1.74. The maximum absolute atomic E-state index is 9.63. The normalized spacial score (nSPS) is 10.9. The van der Waals surface area contributed by atoms with Crippen molar-refractivity contribution < 1.29 is 9.84 Å². The van der Waals surface area contributed by atoms with Crippen molar-refractivity contribution in [2.24, 2.45) is 0 Å². The molecule has 0 bridgehead atoms. The lowest BCUT2D eigenvalue weighted by Crippen LogP contribution is -2.07. The standard InChI is InChI=1S/C17H19N3O2S/c1-10-8-13-16(19-11(2)20-17(13)23-10)18-7-6-12-4-5-14(21)15(9-12)22-3/h4-5,8-9,21H,6-7H2,1-3H3,(H,18,19,20). The average Bonchev–Trinajstić information content (AvgIpc) is 2.89. The number of nitrogens with one attached hydrogen (secondary N) is 1. The SMILES string of the molecule is COc1cc(CCNc2nc(C)nc3sc(C)cc23)ccc1O. The molecule has 0 unspecified atom stereocenters. The summed E-state index contributed by atoms with van der Waals surface area (Å²) in [6.45, 7) is 4.73. The smallest absolute Gasteiger partial charge is 0.160 e. The minimum atomic E-state index is 0.158. The molecule has 0 saturated carbocycles. The first-order chi connectivity index (χ1) is 11.1. The molecule has 2 N–H and O–H groups in total. The van der Waals surface area contributed by atoms with Gasteiger partial charge in [0.05, 0.1) is 12.5 Å². The second kappa shape index (κ2) is 6.42. The van der Waals surface area contributed by atoms with Gasteiger partial charge in [-0.2, -0.15) is 0 Å². The highest BCUT2D eigenvalue weighted by molar-refractivity contribution is 7.18. The predicted molar refractivity (Wildman–Crippen MR) is 93.7 cm³/mol. The maximum Gasteiger partial charge on any atom is 0.160 e. The Labute approximate surface area is 139 Å². The van der Waals surface area contributed by atoms with Crippen LogP contribution in [0.2, 0.25) is 0 Å². The Bertz CT molecular complexity index is 845. The Hall–Kier alpha value is -2.34. The number of methoxy groups -OCH3 is 1. The number of hydrogen-bond donors (Lipinski definition) is 2. The van der Waals surface area contributed by atoms with Crippen LogP contribution in [0.1, 0.15) is 16.3 Å². The molecule has 120 valence electrons. The largest absolute Gasteiger partial charge is 0.504 e. The van der Waals surface area contributed by atoms with E-state index in [1.807, 2.05) is 19.1 Å². The first-order valence-electron chi connectivity index (χ1n) is 7.41. The number of aryl methyl sites for hydroxylation is 2. The van der Waals surface area contributed by atoms with Crippen molar-refractivity contribution in [3.63, 3.8) is 0 Å². The van der Waals surface area contributed by atoms with Crippen LogP contribution in [0.3, 0.4) is 0 Å². The average molecular weight is 329 g/mol. The second-order valence-electron chi connectivity index (χ2n) is 5.38. The van der Waals surface area contributed by atoms with Gasteiger partial charge in [-0.15, -0.1) is 11.3 Å². The van der Waals surface area contributed by atoms with Crippen LogP contribution in [-0.2, 0) is 6.42 Å². The number of fused-ring (bicyclic) bond motifs is 1. The number of aromatic nitrogens is 2. The summed E-state index contributed by atoms with van der Waals surface area (Å²) < 4.78 is 5.14. The minimum absolute atomic E-state index is 0.158. The number of thiophene rings is 1. The molecule has 1 aromatic carbocycles. The number of hydrogen-bond acceptors (Lipinski definition) is 6. The monoisotopic (exact) mass is 329 g/mol. The highest BCUT2D eigenvalue weighted by Crippen LogP contribution is 2.29. The minimum Gasteiger partial charge on any atom is -0.504 e. The molecule has 0 aliphatic heterocycles. The topological polar surface area (TPSA) is 67.3 Å². The van der Waals surface area contributed by atoms with Gasteiger partial charge < -0.3 is 15.2 Å². The maximum atomic E-state index is 9.63. The molecular weight excluding hydrogens is 310 g/mol. The van der Waals surface area contributed by atoms with E-state index in [4.69, 9.17) is 4.74 Å². The van der Waals surface area contributed by atoms with Crippen LogP contribution in [0.4, 0.5) is 5.82 Å². The lowest BCUT2D eigenvalue weighted by Gasteiger charge is -2.09. The van der Waals surface area contributed by atoms with Crippen molar-refractivity contribution in [1.82, 2.24) is 9.97 Å². The van der Waals surface area contributed by atoms with Gasteiger partial charge in [-0.1, -0.05) is 6.07 Å². The summed E-state index contributed by atoms with van der Waals surface area (Å²) in [5.74, 6) is 2.30. The van der Waals surface area contributed by atoms with Crippen molar-refractivity contribution in [2.45, 2.75) is 20.3 Å². The Morgan fingerprint density at radius 3 is 2.83 bits per heavy atom. The summed E-state index contributed by atoms with van der Waals surface area (Å²) >= 11 is 1.68. The highest BCUT2D eigenvalue weighted by atomic mass is 32.1. The van der Waals surface area contributed by atoms with Gasteiger partial charge in [-0.3, -0.25) is 0 Å². The zero-order chi connectivity index (χ0) is 16.4. The van der Waals surface area contributed by atoms with Crippen molar-refractivity contribution in [3.05, 3.63) is 40.5 Å². The van der Waals surface area contributed by atoms with Crippen LogP contribution < -0.4 is 10.1 Å². The highest BCUT2D eigenvalue weighted by Gasteiger charge is 2.09. The summed E-state index contributed by atoms with van der Waals surface area (Å²) in [4.78, 5) is 11.2. The van der Waals surface area contributed by atoms with E-state index in [0.29, 0.717) is 5.75 Å². The van der Waals surface area contributed by atoms with Gasteiger partial charge in [0.25, 0.3) is 0 Å². The number of rotatable bonds is 5. The molecule has 0 aliphatic rings. The van der Waals surface area contributed by atoms with Gasteiger partial charge in [0.2, 0.25) is 0 Å². The molecule has 3 aromatic rings. The summed E-state index contributed by atoms with van der Waals surface area (Å²) in [5, 5.41) is 14.1. The van der Waals surface area contributed by atoms with Crippen LogP contribution in [0.15, 0.2) is 24.3 Å². The number of aromatic hydroxyl groups is 1. The van der Waals surface area contributed by atoms with Gasteiger partial charge in [-0.25, -0.2) is 9.97 Å². The first kappa shape index (κ1) is 15.6. The molecule has 0 atom stereocenters. The van der Waals surface area contributed by atoms with Crippen LogP contribution in [0.5, 0.6) is 11.5 Å². The quantitative estimate of drug-likeness (QED) is 0.747. The van der Waals surface area contributed by atoms with Crippen LogP contribution in [0, 0.1) is 13.8 Å². The summed E-state index contributed by atoms with van der Waals surface area (Å²) in [7, 11) is 1.55. The fourth-order valence-corrected chi connectivity index (χ4v) is 3.41. The molecule has 0 aliphatic carbocycles. The third kappa shape index (κ3) is 3.37. The van der Waals surface area contributed by atoms with Gasteiger partial charge in [-0.05, 0) is 44.0 Å². The van der Waals surface area contributed by atoms with E-state index < -0.39 is 0 Å². The summed E-state index contributed by atoms with van der Waals surface area (Å²) in [5.41, 5.74) is 1.09. The van der Waals surface area contributed by atoms with Crippen LogP contribution in [0.25, 0.3) is 10.2 Å². The molecule has 6 heteroatoms. The molecule has 2 heterocycles. The van der Waals surface area contributed by atoms with Gasteiger partial charge in [0.1, 0.15) is 16.5 Å². The molecule has 0 fully saturated rings. The lowest BCUT2D eigenvalue weighted by molar-refractivity contribution is 0.373. The fourth-order valence-electron chi connectivity index (χ4n) is 2.49. The van der Waals surface area contributed by atoms with Crippen molar-refractivity contribution in [3.8, 4) is 11.5 Å².